The van der Waals surface area contributed by atoms with Crippen LogP contribution in [-0.2, 0) is 26.2 Å². The smallest absolute Gasteiger partial charge is 0.111 e. The van der Waals surface area contributed by atoms with Crippen LogP contribution < -0.4 is 0 Å². The summed E-state index contributed by atoms with van der Waals surface area (Å²) in [5.41, 5.74) is 0. The first kappa shape index (κ1) is 16.1. The van der Waals surface area contributed by atoms with Crippen molar-refractivity contribution in [1.82, 2.24) is 0 Å². The maximum absolute atomic E-state index is 8.96. The van der Waals surface area contributed by atoms with E-state index in [4.69, 9.17) is 30.6 Å². The Morgan fingerprint density at radius 3 is 1.08 bits per heavy atom. The predicted octanol–water partition coefficient (Wildman–Crippen LogP) is -3.59. The molecule has 0 fully saturated rings. The second kappa shape index (κ2) is 7.99. The van der Waals surface area contributed by atoms with Gasteiger partial charge in [0.15, 0.2) is 0 Å². The zero-order chi connectivity index (χ0) is 9.72. The molecule has 0 aromatic heterocycles. The minimum absolute atomic E-state index is 0. The number of rotatable bonds is 5. The normalized spacial score (nSPS) is 19.8. The minimum atomic E-state index is -1.67. The molecule has 0 aliphatic heterocycles. The molecule has 0 saturated carbocycles. The van der Waals surface area contributed by atoms with Crippen LogP contribution >= 0.6 is 0 Å². The van der Waals surface area contributed by atoms with Gasteiger partial charge in [-0.3, -0.25) is 0 Å². The molecule has 0 radical (unpaired) electrons. The van der Waals surface area contributed by atoms with Crippen molar-refractivity contribution in [2.24, 2.45) is 0 Å². The number of hydrogen-bond donors (Lipinski definition) is 6. The first-order chi connectivity index (χ1) is 5.54. The molecule has 0 rings (SSSR count). The average molecular weight is 273 g/mol. The third kappa shape index (κ3) is 5.17. The van der Waals surface area contributed by atoms with E-state index < -0.39 is 37.6 Å². The third-order valence-corrected chi connectivity index (χ3v) is 1.51. The van der Waals surface area contributed by atoms with Gasteiger partial charge in [-0.2, -0.15) is 0 Å². The fourth-order valence-electron chi connectivity index (χ4n) is 0.671. The summed E-state index contributed by atoms with van der Waals surface area (Å²) in [5.74, 6) is 0. The van der Waals surface area contributed by atoms with Crippen LogP contribution in [-0.4, -0.2) is 68.3 Å². The molecule has 0 aromatic carbocycles. The van der Waals surface area contributed by atoms with Crippen molar-refractivity contribution in [3.05, 3.63) is 0 Å². The van der Waals surface area contributed by atoms with Crippen LogP contribution in [0.3, 0.4) is 0 Å². The van der Waals surface area contributed by atoms with Crippen LogP contribution in [0, 0.1) is 0 Å². The fourth-order valence-corrected chi connectivity index (χ4v) is 0.671. The Morgan fingerprint density at radius 2 is 0.923 bits per heavy atom. The summed E-state index contributed by atoms with van der Waals surface area (Å²) in [7, 11) is 0. The van der Waals surface area contributed by atoms with Gasteiger partial charge in [0.25, 0.3) is 0 Å². The van der Waals surface area contributed by atoms with E-state index in [1.807, 2.05) is 0 Å². The SMILES string of the molecule is OC[C@@H](O)[C@@H](O)[C@H](O)[C@@H](O)CO.[Zr]. The van der Waals surface area contributed by atoms with Gasteiger partial charge in [0.05, 0.1) is 13.2 Å². The van der Waals surface area contributed by atoms with Crippen LogP contribution in [0.5, 0.6) is 0 Å². The van der Waals surface area contributed by atoms with Gasteiger partial charge in [0, 0.05) is 26.2 Å². The molecule has 0 aromatic rings. The molecule has 6 N–H and O–H groups in total. The largest absolute Gasteiger partial charge is 0.394 e. The van der Waals surface area contributed by atoms with Crippen LogP contribution in [0.4, 0.5) is 0 Å². The second-order valence-corrected chi connectivity index (χ2v) is 2.48. The molecule has 0 unspecified atom stereocenters. The van der Waals surface area contributed by atoms with Crippen molar-refractivity contribution in [2.45, 2.75) is 24.4 Å². The summed E-state index contributed by atoms with van der Waals surface area (Å²) in [6, 6.07) is 0. The van der Waals surface area contributed by atoms with Gasteiger partial charge >= 0.3 is 0 Å². The van der Waals surface area contributed by atoms with Gasteiger partial charge < -0.3 is 30.6 Å². The maximum Gasteiger partial charge on any atom is 0.111 e. The monoisotopic (exact) mass is 272 g/mol. The Kier molecular flexibility index (Phi) is 9.89. The summed E-state index contributed by atoms with van der Waals surface area (Å²) < 4.78 is 0. The van der Waals surface area contributed by atoms with Crippen molar-refractivity contribution in [1.29, 1.82) is 0 Å². The Morgan fingerprint density at radius 1 is 0.692 bits per heavy atom. The summed E-state index contributed by atoms with van der Waals surface area (Å²) >= 11 is 0. The van der Waals surface area contributed by atoms with Gasteiger partial charge in [-0.05, 0) is 0 Å². The van der Waals surface area contributed by atoms with Crippen LogP contribution in [0.25, 0.3) is 0 Å². The zero-order valence-electron chi connectivity index (χ0n) is 6.91. The van der Waals surface area contributed by atoms with Gasteiger partial charge in [-0.15, -0.1) is 0 Å². The van der Waals surface area contributed by atoms with E-state index in [1.54, 1.807) is 0 Å². The molecule has 0 spiro atoms. The van der Waals surface area contributed by atoms with Crippen molar-refractivity contribution in [2.75, 3.05) is 13.2 Å². The predicted molar refractivity (Wildman–Crippen MR) is 38.2 cm³/mol. The van der Waals surface area contributed by atoms with E-state index >= 15 is 0 Å². The molecule has 0 aliphatic rings. The average Bonchev–Trinajstić information content (AvgIpc) is 2.12. The molecule has 0 bridgehead atoms. The third-order valence-electron chi connectivity index (χ3n) is 1.51. The fraction of sp³-hybridized carbons (Fsp3) is 1.00. The van der Waals surface area contributed by atoms with E-state index in [2.05, 4.69) is 0 Å². The summed E-state index contributed by atoms with van der Waals surface area (Å²) in [4.78, 5) is 0. The molecule has 0 amide bonds. The van der Waals surface area contributed by atoms with E-state index in [-0.39, 0.29) is 26.2 Å². The summed E-state index contributed by atoms with van der Waals surface area (Å²) in [6.07, 6.45) is -6.39. The summed E-state index contributed by atoms with van der Waals surface area (Å²) in [5, 5.41) is 52.2. The first-order valence-electron chi connectivity index (χ1n) is 3.48. The van der Waals surface area contributed by atoms with Crippen molar-refractivity contribution >= 4 is 0 Å². The van der Waals surface area contributed by atoms with E-state index in [1.165, 1.54) is 0 Å². The van der Waals surface area contributed by atoms with Crippen LogP contribution in [0.2, 0.25) is 0 Å². The molecule has 78 valence electrons. The summed E-state index contributed by atoms with van der Waals surface area (Å²) in [6.45, 7) is -1.45. The topological polar surface area (TPSA) is 121 Å². The van der Waals surface area contributed by atoms with Gasteiger partial charge in [-0.25, -0.2) is 0 Å². The Balaban J connectivity index is 0. The molecule has 0 saturated heterocycles. The second-order valence-electron chi connectivity index (χ2n) is 2.48. The molecule has 6 nitrogen and oxygen atoms in total. The quantitative estimate of drug-likeness (QED) is 0.308. The van der Waals surface area contributed by atoms with Crippen LogP contribution in [0.15, 0.2) is 0 Å². The number of hydrogen-bond acceptors (Lipinski definition) is 6. The maximum atomic E-state index is 8.96. The van der Waals surface area contributed by atoms with Gasteiger partial charge in [0.2, 0.25) is 0 Å². The molecule has 0 aliphatic carbocycles. The minimum Gasteiger partial charge on any atom is -0.394 e. The molecule has 0 heterocycles. The first-order valence-corrected chi connectivity index (χ1v) is 3.48. The Hall–Kier alpha value is 0.643. The van der Waals surface area contributed by atoms with Crippen molar-refractivity contribution < 1.29 is 56.8 Å². The zero-order valence-corrected chi connectivity index (χ0v) is 9.36. The van der Waals surface area contributed by atoms with Crippen molar-refractivity contribution in [3.8, 4) is 0 Å². The number of aliphatic hydroxyl groups is 6. The Labute approximate surface area is 94.6 Å². The number of aliphatic hydroxyl groups excluding tert-OH is 6. The van der Waals surface area contributed by atoms with Gasteiger partial charge in [-0.1, -0.05) is 0 Å². The molecular formula is C6H14O6Zr. The molecule has 13 heavy (non-hydrogen) atoms. The Bertz CT molecular complexity index is 110. The molecular weight excluding hydrogens is 259 g/mol. The standard InChI is InChI=1S/C6H14O6.Zr/c7-1-3(9)5(11)6(12)4(10)2-8;/h3-12H,1-2H2;/t3-,4+,5-,6-;/m1./s1. The van der Waals surface area contributed by atoms with Gasteiger partial charge in [0.1, 0.15) is 24.4 Å². The van der Waals surface area contributed by atoms with E-state index in [0.29, 0.717) is 0 Å². The van der Waals surface area contributed by atoms with E-state index in [9.17, 15) is 0 Å². The van der Waals surface area contributed by atoms with Crippen molar-refractivity contribution in [3.63, 3.8) is 0 Å². The molecule has 4 atom stereocenters. The van der Waals surface area contributed by atoms with E-state index in [0.717, 1.165) is 0 Å². The molecule has 7 heteroatoms. The van der Waals surface area contributed by atoms with Crippen LogP contribution in [0.1, 0.15) is 0 Å².